The Bertz CT molecular complexity index is 491. The van der Waals surface area contributed by atoms with Crippen LogP contribution in [0.4, 0.5) is 5.69 Å². The van der Waals surface area contributed by atoms with Gasteiger partial charge in [-0.05, 0) is 45.0 Å². The summed E-state index contributed by atoms with van der Waals surface area (Å²) in [6.07, 6.45) is 0.188. The monoisotopic (exact) mass is 247 g/mol. The molecule has 0 saturated carbocycles. The summed E-state index contributed by atoms with van der Waals surface area (Å²) < 4.78 is 10.2. The van der Waals surface area contributed by atoms with Gasteiger partial charge in [-0.25, -0.2) is 4.63 Å². The molecule has 0 bridgehead atoms. The molecule has 0 spiro atoms. The first-order valence-electron chi connectivity index (χ1n) is 5.94. The molecule has 96 valence electrons. The van der Waals surface area contributed by atoms with Crippen LogP contribution < -0.4 is 10.1 Å². The van der Waals surface area contributed by atoms with Gasteiger partial charge >= 0.3 is 0 Å². The lowest BCUT2D eigenvalue weighted by Gasteiger charge is -2.10. The minimum atomic E-state index is 0.188. The summed E-state index contributed by atoms with van der Waals surface area (Å²) in [5.41, 5.74) is 2.63. The summed E-state index contributed by atoms with van der Waals surface area (Å²) in [6, 6.07) is 7.83. The van der Waals surface area contributed by atoms with Crippen molar-refractivity contribution in [2.45, 2.75) is 33.4 Å². The second-order valence-corrected chi connectivity index (χ2v) is 4.34. The Morgan fingerprint density at radius 3 is 2.50 bits per heavy atom. The van der Waals surface area contributed by atoms with E-state index < -0.39 is 0 Å². The van der Waals surface area contributed by atoms with Crippen molar-refractivity contribution >= 4 is 5.69 Å². The Morgan fingerprint density at radius 1 is 1.22 bits per heavy atom. The summed E-state index contributed by atoms with van der Waals surface area (Å²) >= 11 is 0. The van der Waals surface area contributed by atoms with E-state index in [1.54, 1.807) is 0 Å². The highest BCUT2D eigenvalue weighted by Gasteiger charge is 2.04. The van der Waals surface area contributed by atoms with E-state index in [1.165, 1.54) is 0 Å². The predicted octanol–water partition coefficient (Wildman–Crippen LogP) is 2.78. The highest BCUT2D eigenvalue weighted by atomic mass is 16.6. The van der Waals surface area contributed by atoms with E-state index in [2.05, 4.69) is 20.3 Å². The first-order valence-corrected chi connectivity index (χ1v) is 5.94. The van der Waals surface area contributed by atoms with Gasteiger partial charge in [0.2, 0.25) is 0 Å². The number of hydrogen-bond acceptors (Lipinski definition) is 5. The van der Waals surface area contributed by atoms with Crippen molar-refractivity contribution in [2.75, 3.05) is 5.32 Å². The number of nitrogens with one attached hydrogen (secondary N) is 1. The Morgan fingerprint density at radius 2 is 1.94 bits per heavy atom. The molecule has 5 heteroatoms. The number of anilines is 1. The van der Waals surface area contributed by atoms with Gasteiger partial charge in [0, 0.05) is 5.69 Å². The summed E-state index contributed by atoms with van der Waals surface area (Å²) in [7, 11) is 0. The second kappa shape index (κ2) is 5.53. The highest BCUT2D eigenvalue weighted by molar-refractivity contribution is 5.46. The molecule has 0 aliphatic rings. The first kappa shape index (κ1) is 12.4. The minimum absolute atomic E-state index is 0.188. The van der Waals surface area contributed by atoms with Crippen molar-refractivity contribution in [2.24, 2.45) is 0 Å². The van der Waals surface area contributed by atoms with Crippen LogP contribution in [0.2, 0.25) is 0 Å². The molecule has 18 heavy (non-hydrogen) atoms. The van der Waals surface area contributed by atoms with Crippen LogP contribution in [0.3, 0.4) is 0 Å². The van der Waals surface area contributed by atoms with Crippen LogP contribution in [0.25, 0.3) is 0 Å². The molecule has 0 aliphatic carbocycles. The molecule has 2 rings (SSSR count). The van der Waals surface area contributed by atoms with Gasteiger partial charge in [-0.2, -0.15) is 0 Å². The standard InChI is InChI=1S/C13H17N3O2/c1-9(2)17-12-6-4-11(5-7-12)14-8-13-10(3)15-18-16-13/h4-7,9,14H,8H2,1-3H3. The zero-order chi connectivity index (χ0) is 13.0. The SMILES string of the molecule is Cc1nonc1CNc1ccc(OC(C)C)cc1. The molecule has 2 aromatic rings. The van der Waals surface area contributed by atoms with Crippen LogP contribution >= 0.6 is 0 Å². The largest absolute Gasteiger partial charge is 0.491 e. The maximum absolute atomic E-state index is 5.57. The van der Waals surface area contributed by atoms with Crippen LogP contribution in [-0.4, -0.2) is 16.4 Å². The molecule has 0 fully saturated rings. The quantitative estimate of drug-likeness (QED) is 0.880. The summed E-state index contributed by atoms with van der Waals surface area (Å²) in [5.74, 6) is 0.870. The van der Waals surface area contributed by atoms with E-state index >= 15 is 0 Å². The molecule has 0 amide bonds. The van der Waals surface area contributed by atoms with Gasteiger partial charge in [-0.3, -0.25) is 0 Å². The molecule has 1 aromatic carbocycles. The third kappa shape index (κ3) is 3.23. The molecule has 0 atom stereocenters. The van der Waals surface area contributed by atoms with E-state index in [-0.39, 0.29) is 6.10 Å². The number of aromatic nitrogens is 2. The second-order valence-electron chi connectivity index (χ2n) is 4.34. The lowest BCUT2D eigenvalue weighted by molar-refractivity contribution is 0.242. The van der Waals surface area contributed by atoms with Gasteiger partial charge in [0.25, 0.3) is 0 Å². The van der Waals surface area contributed by atoms with Crippen LogP contribution in [0.15, 0.2) is 28.9 Å². The fourth-order valence-corrected chi connectivity index (χ4v) is 1.52. The van der Waals surface area contributed by atoms with Crippen LogP contribution in [-0.2, 0) is 6.54 Å². The molecular weight excluding hydrogens is 230 g/mol. The molecular formula is C13H17N3O2. The van der Waals surface area contributed by atoms with Crippen LogP contribution in [0.5, 0.6) is 5.75 Å². The lowest BCUT2D eigenvalue weighted by atomic mass is 10.3. The lowest BCUT2D eigenvalue weighted by Crippen LogP contribution is -2.05. The van der Waals surface area contributed by atoms with Crippen molar-refractivity contribution in [1.29, 1.82) is 0 Å². The average molecular weight is 247 g/mol. The molecule has 5 nitrogen and oxygen atoms in total. The Kier molecular flexibility index (Phi) is 3.82. The summed E-state index contributed by atoms with van der Waals surface area (Å²) in [6.45, 7) is 6.48. The van der Waals surface area contributed by atoms with Gasteiger partial charge in [0.1, 0.15) is 17.1 Å². The number of hydrogen-bond donors (Lipinski definition) is 1. The van der Waals surface area contributed by atoms with E-state index in [1.807, 2.05) is 45.0 Å². The third-order valence-electron chi connectivity index (χ3n) is 2.43. The maximum atomic E-state index is 5.57. The van der Waals surface area contributed by atoms with Crippen molar-refractivity contribution < 1.29 is 9.37 Å². The highest BCUT2D eigenvalue weighted by Crippen LogP contribution is 2.17. The van der Waals surface area contributed by atoms with E-state index in [0.717, 1.165) is 22.8 Å². The van der Waals surface area contributed by atoms with Crippen LogP contribution in [0, 0.1) is 6.92 Å². The normalized spacial score (nSPS) is 10.7. The van der Waals surface area contributed by atoms with Gasteiger partial charge in [0.15, 0.2) is 0 Å². The molecule has 0 unspecified atom stereocenters. The fourth-order valence-electron chi connectivity index (χ4n) is 1.52. The number of rotatable bonds is 5. The Balaban J connectivity index is 1.92. The van der Waals surface area contributed by atoms with Crippen molar-refractivity contribution in [3.63, 3.8) is 0 Å². The maximum Gasteiger partial charge on any atom is 0.127 e. The van der Waals surface area contributed by atoms with Gasteiger partial charge in [-0.1, -0.05) is 10.3 Å². The van der Waals surface area contributed by atoms with Crippen molar-refractivity contribution in [3.05, 3.63) is 35.7 Å². The first-order chi connectivity index (χ1) is 8.65. The topological polar surface area (TPSA) is 60.2 Å². The molecule has 0 saturated heterocycles. The van der Waals surface area contributed by atoms with Crippen molar-refractivity contribution in [3.8, 4) is 5.75 Å². The van der Waals surface area contributed by atoms with Gasteiger partial charge < -0.3 is 10.1 Å². The number of aryl methyl sites for hydroxylation is 1. The van der Waals surface area contributed by atoms with Crippen molar-refractivity contribution in [1.82, 2.24) is 10.3 Å². The molecule has 0 radical (unpaired) electrons. The van der Waals surface area contributed by atoms with E-state index in [4.69, 9.17) is 4.74 Å². The number of ether oxygens (including phenoxy) is 1. The number of nitrogens with zero attached hydrogens (tertiary/aromatic N) is 2. The Hall–Kier alpha value is -2.04. The van der Waals surface area contributed by atoms with E-state index in [0.29, 0.717) is 6.54 Å². The molecule has 1 heterocycles. The van der Waals surface area contributed by atoms with E-state index in [9.17, 15) is 0 Å². The minimum Gasteiger partial charge on any atom is -0.491 e. The Labute approximate surface area is 106 Å². The zero-order valence-corrected chi connectivity index (χ0v) is 10.8. The molecule has 1 N–H and O–H groups in total. The molecule has 0 aliphatic heterocycles. The predicted molar refractivity (Wildman–Crippen MR) is 68.6 cm³/mol. The third-order valence-corrected chi connectivity index (χ3v) is 2.43. The smallest absolute Gasteiger partial charge is 0.127 e. The summed E-state index contributed by atoms with van der Waals surface area (Å²) in [4.78, 5) is 0. The average Bonchev–Trinajstić information content (AvgIpc) is 2.73. The van der Waals surface area contributed by atoms with Gasteiger partial charge in [0.05, 0.1) is 12.6 Å². The number of benzene rings is 1. The van der Waals surface area contributed by atoms with Gasteiger partial charge in [-0.15, -0.1) is 0 Å². The summed E-state index contributed by atoms with van der Waals surface area (Å²) in [5, 5.41) is 10.8. The zero-order valence-electron chi connectivity index (χ0n) is 10.8. The fraction of sp³-hybridized carbons (Fsp3) is 0.385. The molecule has 1 aromatic heterocycles. The van der Waals surface area contributed by atoms with Crippen LogP contribution in [0.1, 0.15) is 25.2 Å².